The molecule has 0 fully saturated rings. The van der Waals surface area contributed by atoms with Gasteiger partial charge >= 0.3 is 5.97 Å². The third-order valence-electron chi connectivity index (χ3n) is 2.04. The molecule has 1 rings (SSSR count). The lowest BCUT2D eigenvalue weighted by Gasteiger charge is -2.18. The number of halogens is 1. The summed E-state index contributed by atoms with van der Waals surface area (Å²) in [5.74, 6) is -0.984. The second kappa shape index (κ2) is 5.20. The van der Waals surface area contributed by atoms with Crippen molar-refractivity contribution in [3.05, 3.63) is 28.9 Å². The lowest BCUT2D eigenvalue weighted by atomic mass is 10.2. The summed E-state index contributed by atoms with van der Waals surface area (Å²) < 4.78 is 17.4. The Labute approximate surface area is 91.8 Å². The Bertz CT molecular complexity index is 409. The molecule has 1 aromatic carbocycles. The highest BCUT2D eigenvalue weighted by Gasteiger charge is 2.12. The van der Waals surface area contributed by atoms with Crippen LogP contribution in [0, 0.1) is 10.7 Å². The van der Waals surface area contributed by atoms with Crippen LogP contribution < -0.4 is 4.90 Å². The molecule has 0 saturated carbocycles. The fourth-order valence-electron chi connectivity index (χ4n) is 1.22. The van der Waals surface area contributed by atoms with Crippen LogP contribution in [0.15, 0.2) is 23.4 Å². The van der Waals surface area contributed by atoms with Crippen LogP contribution in [-0.2, 0) is 9.53 Å². The van der Waals surface area contributed by atoms with Crippen LogP contribution in [-0.4, -0.2) is 26.7 Å². The van der Waals surface area contributed by atoms with Crippen LogP contribution >= 0.6 is 0 Å². The van der Waals surface area contributed by atoms with Crippen molar-refractivity contribution in [2.75, 3.05) is 25.6 Å². The maximum Gasteiger partial charge on any atom is 0.325 e. The van der Waals surface area contributed by atoms with E-state index in [1.807, 2.05) is 0 Å². The van der Waals surface area contributed by atoms with Gasteiger partial charge in [0.2, 0.25) is 0 Å². The van der Waals surface area contributed by atoms with E-state index < -0.39 is 11.8 Å². The summed E-state index contributed by atoms with van der Waals surface area (Å²) in [6.07, 6.45) is 0. The standard InChI is InChI=1S/C10H11FN2O3/c1-13(6-10(14)16-2)9-5-7(11)3-4-8(9)12-15/h3-5H,6H2,1-2H3. The van der Waals surface area contributed by atoms with Gasteiger partial charge in [0.05, 0.1) is 12.8 Å². The fourth-order valence-corrected chi connectivity index (χ4v) is 1.22. The topological polar surface area (TPSA) is 59.0 Å². The number of anilines is 1. The van der Waals surface area contributed by atoms with Gasteiger partial charge < -0.3 is 9.64 Å². The van der Waals surface area contributed by atoms with E-state index in [-0.39, 0.29) is 17.9 Å². The second-order valence-electron chi connectivity index (χ2n) is 3.16. The normalized spacial score (nSPS) is 9.69. The Hall–Kier alpha value is -1.98. The highest BCUT2D eigenvalue weighted by Crippen LogP contribution is 2.28. The number of nitroso groups, excluding NO2 is 1. The first kappa shape index (κ1) is 12.1. The van der Waals surface area contributed by atoms with Crippen LogP contribution in [0.1, 0.15) is 0 Å². The Kier molecular flexibility index (Phi) is 3.93. The molecule has 0 heterocycles. The number of hydrogen-bond acceptors (Lipinski definition) is 5. The predicted molar refractivity (Wildman–Crippen MR) is 57.1 cm³/mol. The Morgan fingerprint density at radius 2 is 2.25 bits per heavy atom. The zero-order chi connectivity index (χ0) is 12.1. The number of hydrogen-bond donors (Lipinski definition) is 0. The molecule has 0 atom stereocenters. The molecule has 0 amide bonds. The summed E-state index contributed by atoms with van der Waals surface area (Å²) in [5.41, 5.74) is 0.327. The zero-order valence-corrected chi connectivity index (χ0v) is 8.94. The van der Waals surface area contributed by atoms with Gasteiger partial charge in [-0.3, -0.25) is 4.79 Å². The van der Waals surface area contributed by atoms with Gasteiger partial charge in [0.1, 0.15) is 18.0 Å². The van der Waals surface area contributed by atoms with Gasteiger partial charge in [-0.25, -0.2) is 4.39 Å². The molecule has 0 N–H and O–H groups in total. The molecule has 5 nitrogen and oxygen atoms in total. The molecule has 0 bridgehead atoms. The molecule has 6 heteroatoms. The Balaban J connectivity index is 2.96. The van der Waals surface area contributed by atoms with E-state index in [0.29, 0.717) is 0 Å². The molecule has 0 spiro atoms. The van der Waals surface area contributed by atoms with E-state index in [4.69, 9.17) is 0 Å². The van der Waals surface area contributed by atoms with Crippen LogP contribution in [0.4, 0.5) is 15.8 Å². The third kappa shape index (κ3) is 2.75. The van der Waals surface area contributed by atoms with Crippen molar-refractivity contribution in [3.63, 3.8) is 0 Å². The number of carbonyl (C=O) groups excluding carboxylic acids is 1. The summed E-state index contributed by atoms with van der Waals surface area (Å²) in [6, 6.07) is 3.53. The van der Waals surface area contributed by atoms with E-state index >= 15 is 0 Å². The largest absolute Gasteiger partial charge is 0.468 e. The molecular weight excluding hydrogens is 215 g/mol. The molecule has 0 aliphatic rings. The maximum absolute atomic E-state index is 13.0. The molecule has 0 aliphatic carbocycles. The lowest BCUT2D eigenvalue weighted by Crippen LogP contribution is -2.26. The van der Waals surface area contributed by atoms with Gasteiger partial charge in [-0.2, -0.15) is 0 Å². The average Bonchev–Trinajstić information content (AvgIpc) is 2.28. The van der Waals surface area contributed by atoms with Crippen LogP contribution in [0.3, 0.4) is 0 Å². The van der Waals surface area contributed by atoms with Crippen LogP contribution in [0.25, 0.3) is 0 Å². The summed E-state index contributed by atoms with van der Waals surface area (Å²) in [6.45, 7) is -0.0809. The minimum absolute atomic E-state index is 0.0767. The van der Waals surface area contributed by atoms with Gasteiger partial charge in [-0.1, -0.05) is 0 Å². The molecule has 0 saturated heterocycles. The number of benzene rings is 1. The van der Waals surface area contributed by atoms with Crippen molar-refractivity contribution in [1.82, 2.24) is 0 Å². The quantitative estimate of drug-likeness (QED) is 0.580. The second-order valence-corrected chi connectivity index (χ2v) is 3.16. The monoisotopic (exact) mass is 226 g/mol. The number of carbonyl (C=O) groups is 1. The SMILES string of the molecule is COC(=O)CN(C)c1cc(F)ccc1N=O. The van der Waals surface area contributed by atoms with Crippen LogP contribution in [0.2, 0.25) is 0 Å². The number of ether oxygens (including phenoxy) is 1. The molecule has 16 heavy (non-hydrogen) atoms. The van der Waals surface area contributed by atoms with Crippen molar-refractivity contribution in [2.24, 2.45) is 5.18 Å². The molecule has 0 aliphatic heterocycles. The van der Waals surface area contributed by atoms with Crippen molar-refractivity contribution < 1.29 is 13.9 Å². The molecule has 1 aromatic rings. The van der Waals surface area contributed by atoms with Crippen molar-refractivity contribution in [2.45, 2.75) is 0 Å². The van der Waals surface area contributed by atoms with Crippen molar-refractivity contribution in [3.8, 4) is 0 Å². The minimum Gasteiger partial charge on any atom is -0.468 e. The molecule has 86 valence electrons. The zero-order valence-electron chi connectivity index (χ0n) is 8.94. The van der Waals surface area contributed by atoms with Gasteiger partial charge in [-0.15, -0.1) is 4.91 Å². The molecule has 0 unspecified atom stereocenters. The molecule has 0 aromatic heterocycles. The number of esters is 1. The van der Waals surface area contributed by atoms with E-state index in [0.717, 1.165) is 12.1 Å². The Morgan fingerprint density at radius 3 is 2.81 bits per heavy atom. The average molecular weight is 226 g/mol. The summed E-state index contributed by atoms with van der Waals surface area (Å²) in [5, 5.41) is 2.76. The number of likely N-dealkylation sites (N-methyl/N-ethyl adjacent to an activating group) is 1. The van der Waals surface area contributed by atoms with Gasteiger partial charge in [-0.05, 0) is 23.4 Å². The molecular formula is C10H11FN2O3. The highest BCUT2D eigenvalue weighted by molar-refractivity contribution is 5.78. The first-order valence-corrected chi connectivity index (χ1v) is 4.49. The minimum atomic E-state index is -0.501. The summed E-state index contributed by atoms with van der Waals surface area (Å²) in [4.78, 5) is 22.9. The van der Waals surface area contributed by atoms with Gasteiger partial charge in [0, 0.05) is 7.05 Å². The fraction of sp³-hybridized carbons (Fsp3) is 0.300. The Morgan fingerprint density at radius 1 is 1.56 bits per heavy atom. The first-order valence-electron chi connectivity index (χ1n) is 4.49. The van der Waals surface area contributed by atoms with E-state index in [1.165, 1.54) is 18.1 Å². The van der Waals surface area contributed by atoms with Crippen LogP contribution in [0.5, 0.6) is 0 Å². The first-order chi connectivity index (χ1) is 7.58. The van der Waals surface area contributed by atoms with E-state index in [1.54, 1.807) is 7.05 Å². The van der Waals surface area contributed by atoms with E-state index in [2.05, 4.69) is 9.91 Å². The molecule has 0 radical (unpaired) electrons. The van der Waals surface area contributed by atoms with E-state index in [9.17, 15) is 14.1 Å². The van der Waals surface area contributed by atoms with Crippen molar-refractivity contribution in [1.29, 1.82) is 0 Å². The summed E-state index contributed by atoms with van der Waals surface area (Å²) >= 11 is 0. The summed E-state index contributed by atoms with van der Waals surface area (Å²) in [7, 11) is 2.79. The lowest BCUT2D eigenvalue weighted by molar-refractivity contribution is -0.138. The number of nitrogens with zero attached hydrogens (tertiary/aromatic N) is 2. The maximum atomic E-state index is 13.0. The highest BCUT2D eigenvalue weighted by atomic mass is 19.1. The number of methoxy groups -OCH3 is 1. The third-order valence-corrected chi connectivity index (χ3v) is 2.04. The number of rotatable bonds is 4. The van der Waals surface area contributed by atoms with Crippen molar-refractivity contribution >= 4 is 17.3 Å². The smallest absolute Gasteiger partial charge is 0.325 e. The van der Waals surface area contributed by atoms with Gasteiger partial charge in [0.15, 0.2) is 0 Å². The van der Waals surface area contributed by atoms with Gasteiger partial charge in [0.25, 0.3) is 0 Å². The predicted octanol–water partition coefficient (Wildman–Crippen LogP) is 1.83.